The van der Waals surface area contributed by atoms with E-state index in [1.807, 2.05) is 4.90 Å². The highest BCUT2D eigenvalue weighted by Gasteiger charge is 2.34. The van der Waals surface area contributed by atoms with Crippen molar-refractivity contribution in [3.8, 4) is 11.8 Å². The molecule has 0 radical (unpaired) electrons. The summed E-state index contributed by atoms with van der Waals surface area (Å²) in [5.41, 5.74) is -0.0132. The highest BCUT2D eigenvalue weighted by atomic mass is 35.5. The van der Waals surface area contributed by atoms with Gasteiger partial charge in [0.25, 0.3) is 0 Å². The van der Waals surface area contributed by atoms with Gasteiger partial charge >= 0.3 is 0 Å². The molecule has 5 heteroatoms. The lowest BCUT2D eigenvalue weighted by Gasteiger charge is -2.40. The van der Waals surface area contributed by atoms with E-state index in [1.165, 1.54) is 38.5 Å². The van der Waals surface area contributed by atoms with Crippen LogP contribution in [0.2, 0.25) is 0 Å². The van der Waals surface area contributed by atoms with Gasteiger partial charge in [0.15, 0.2) is 0 Å². The molecule has 25 heavy (non-hydrogen) atoms. The summed E-state index contributed by atoms with van der Waals surface area (Å²) in [7, 11) is 0. The van der Waals surface area contributed by atoms with E-state index in [-0.39, 0.29) is 17.3 Å². The summed E-state index contributed by atoms with van der Waals surface area (Å²) in [5.74, 6) is 7.39. The van der Waals surface area contributed by atoms with E-state index in [0.29, 0.717) is 12.1 Å². The van der Waals surface area contributed by atoms with Crippen molar-refractivity contribution in [2.75, 3.05) is 25.5 Å². The SMILES string of the molecule is O=C(CCl)N1CCC(NC2(C#CC3CCCCN3)CCCCC2)CC1. The quantitative estimate of drug-likeness (QED) is 0.597. The first-order valence-corrected chi connectivity index (χ1v) is 10.6. The third kappa shape index (κ3) is 5.36. The predicted octanol–water partition coefficient (Wildman–Crippen LogP) is 2.65. The molecule has 0 aromatic carbocycles. The van der Waals surface area contributed by atoms with Crippen LogP contribution in [-0.4, -0.2) is 53.9 Å². The standard InChI is InChI=1S/C20H32ClN3O/c21-16-19(25)24-14-8-18(9-15-24)23-20(10-3-1-4-11-20)12-7-17-6-2-5-13-22-17/h17-18,22-23H,1-6,8-11,13-16H2. The van der Waals surface area contributed by atoms with Crippen LogP contribution in [-0.2, 0) is 4.79 Å². The van der Waals surface area contributed by atoms with Crippen LogP contribution in [0.15, 0.2) is 0 Å². The first-order chi connectivity index (χ1) is 12.2. The fourth-order valence-electron chi connectivity index (χ4n) is 4.41. The number of alkyl halides is 1. The van der Waals surface area contributed by atoms with Crippen molar-refractivity contribution < 1.29 is 4.79 Å². The van der Waals surface area contributed by atoms with E-state index in [1.54, 1.807) is 0 Å². The van der Waals surface area contributed by atoms with E-state index in [0.717, 1.165) is 45.3 Å². The average Bonchev–Trinajstić information content (AvgIpc) is 2.68. The Bertz CT molecular complexity index is 493. The molecular weight excluding hydrogens is 334 g/mol. The zero-order chi connectivity index (χ0) is 17.5. The molecular formula is C20H32ClN3O. The monoisotopic (exact) mass is 365 g/mol. The van der Waals surface area contributed by atoms with E-state index in [4.69, 9.17) is 11.6 Å². The number of amides is 1. The van der Waals surface area contributed by atoms with Crippen LogP contribution < -0.4 is 10.6 Å². The summed E-state index contributed by atoms with van der Waals surface area (Å²) >= 11 is 5.68. The smallest absolute Gasteiger partial charge is 0.237 e. The van der Waals surface area contributed by atoms with Gasteiger partial charge in [0.05, 0.1) is 11.6 Å². The maximum Gasteiger partial charge on any atom is 0.237 e. The van der Waals surface area contributed by atoms with E-state index in [2.05, 4.69) is 22.5 Å². The van der Waals surface area contributed by atoms with Crippen LogP contribution in [0.4, 0.5) is 0 Å². The summed E-state index contributed by atoms with van der Waals surface area (Å²) in [6.07, 6.45) is 12.0. The maximum absolute atomic E-state index is 11.7. The molecule has 2 N–H and O–H groups in total. The van der Waals surface area contributed by atoms with Crippen molar-refractivity contribution in [2.45, 2.75) is 81.8 Å². The predicted molar refractivity (Wildman–Crippen MR) is 103 cm³/mol. The molecule has 1 unspecified atom stereocenters. The van der Waals surface area contributed by atoms with Gasteiger partial charge in [0, 0.05) is 19.1 Å². The first-order valence-electron chi connectivity index (χ1n) is 10.1. The van der Waals surface area contributed by atoms with Crippen molar-refractivity contribution in [3.05, 3.63) is 0 Å². The summed E-state index contributed by atoms with van der Waals surface area (Å²) in [6, 6.07) is 0.837. The molecule has 2 saturated heterocycles. The fraction of sp³-hybridized carbons (Fsp3) is 0.850. The zero-order valence-corrected chi connectivity index (χ0v) is 16.0. The van der Waals surface area contributed by atoms with Crippen molar-refractivity contribution in [2.24, 2.45) is 0 Å². The second kappa shape index (κ2) is 9.26. The van der Waals surface area contributed by atoms with E-state index in [9.17, 15) is 4.79 Å². The number of likely N-dealkylation sites (tertiary alicyclic amines) is 1. The van der Waals surface area contributed by atoms with Gasteiger partial charge in [-0.05, 0) is 51.5 Å². The Morgan fingerprint density at radius 2 is 1.88 bits per heavy atom. The van der Waals surface area contributed by atoms with Gasteiger partial charge in [-0.1, -0.05) is 31.1 Å². The van der Waals surface area contributed by atoms with Gasteiger partial charge in [-0.2, -0.15) is 0 Å². The molecule has 1 saturated carbocycles. The second-order valence-corrected chi connectivity index (χ2v) is 8.11. The lowest BCUT2D eigenvalue weighted by molar-refractivity contribution is -0.129. The van der Waals surface area contributed by atoms with Crippen LogP contribution in [0, 0.1) is 11.8 Å². The lowest BCUT2D eigenvalue weighted by Crippen LogP contribution is -2.54. The molecule has 3 fully saturated rings. The minimum absolute atomic E-state index is 0.0132. The summed E-state index contributed by atoms with van der Waals surface area (Å²) in [5, 5.41) is 7.46. The van der Waals surface area contributed by atoms with Gasteiger partial charge in [-0.15, -0.1) is 11.6 Å². The highest BCUT2D eigenvalue weighted by Crippen LogP contribution is 2.29. The normalized spacial score (nSPS) is 27.4. The van der Waals surface area contributed by atoms with Crippen LogP contribution in [0.3, 0.4) is 0 Å². The van der Waals surface area contributed by atoms with Crippen LogP contribution in [0.5, 0.6) is 0 Å². The van der Waals surface area contributed by atoms with Crippen LogP contribution >= 0.6 is 11.6 Å². The number of nitrogens with one attached hydrogen (secondary N) is 2. The number of hydrogen-bond donors (Lipinski definition) is 2. The molecule has 0 aromatic rings. The summed E-state index contributed by atoms with van der Waals surface area (Å²) in [6.45, 7) is 2.74. The largest absolute Gasteiger partial charge is 0.342 e. The number of piperidine rings is 2. The van der Waals surface area contributed by atoms with E-state index >= 15 is 0 Å². The van der Waals surface area contributed by atoms with Gasteiger partial charge in [-0.3, -0.25) is 10.1 Å². The van der Waals surface area contributed by atoms with Crippen LogP contribution in [0.25, 0.3) is 0 Å². The Kier molecular flexibility index (Phi) is 7.04. The van der Waals surface area contributed by atoms with Gasteiger partial charge < -0.3 is 10.2 Å². The third-order valence-corrected chi connectivity index (χ3v) is 6.17. The number of hydrogen-bond acceptors (Lipinski definition) is 3. The van der Waals surface area contributed by atoms with Crippen molar-refractivity contribution >= 4 is 17.5 Å². The van der Waals surface area contributed by atoms with Gasteiger partial charge in [0.1, 0.15) is 5.88 Å². The molecule has 3 aliphatic rings. The van der Waals surface area contributed by atoms with Crippen LogP contribution in [0.1, 0.15) is 64.2 Å². The number of rotatable bonds is 3. The summed E-state index contributed by atoms with van der Waals surface area (Å²) < 4.78 is 0. The van der Waals surface area contributed by atoms with Gasteiger partial charge in [0.2, 0.25) is 5.91 Å². The fourth-order valence-corrected chi connectivity index (χ4v) is 4.58. The molecule has 1 atom stereocenters. The molecule has 1 aliphatic carbocycles. The Morgan fingerprint density at radius 3 is 2.52 bits per heavy atom. The van der Waals surface area contributed by atoms with Crippen molar-refractivity contribution in [1.82, 2.24) is 15.5 Å². The zero-order valence-electron chi connectivity index (χ0n) is 15.3. The number of nitrogens with zero attached hydrogens (tertiary/aromatic N) is 1. The maximum atomic E-state index is 11.7. The van der Waals surface area contributed by atoms with Crippen molar-refractivity contribution in [3.63, 3.8) is 0 Å². The minimum atomic E-state index is -0.0132. The molecule has 2 heterocycles. The topological polar surface area (TPSA) is 44.4 Å². The molecule has 0 spiro atoms. The Morgan fingerprint density at radius 1 is 1.12 bits per heavy atom. The number of halogens is 1. The first kappa shape index (κ1) is 19.0. The Hall–Kier alpha value is -0.760. The molecule has 0 bridgehead atoms. The van der Waals surface area contributed by atoms with Crippen molar-refractivity contribution in [1.29, 1.82) is 0 Å². The highest BCUT2D eigenvalue weighted by molar-refractivity contribution is 6.27. The van der Waals surface area contributed by atoms with E-state index < -0.39 is 0 Å². The molecule has 1 amide bonds. The Labute approximate surface area is 157 Å². The lowest BCUT2D eigenvalue weighted by atomic mass is 9.80. The molecule has 2 aliphatic heterocycles. The molecule has 4 nitrogen and oxygen atoms in total. The molecule has 3 rings (SSSR count). The second-order valence-electron chi connectivity index (χ2n) is 7.85. The number of carbonyl (C=O) groups is 1. The van der Waals surface area contributed by atoms with Gasteiger partial charge in [-0.25, -0.2) is 0 Å². The number of carbonyl (C=O) groups excluding carboxylic acids is 1. The molecule has 140 valence electrons. The Balaban J connectivity index is 1.59. The summed E-state index contributed by atoms with van der Waals surface area (Å²) in [4.78, 5) is 13.6. The minimum Gasteiger partial charge on any atom is -0.342 e. The third-order valence-electron chi connectivity index (χ3n) is 5.95. The molecule has 0 aromatic heterocycles. The average molecular weight is 366 g/mol.